The lowest BCUT2D eigenvalue weighted by atomic mass is 10.1. The number of carbonyl (C=O) groups excluding carboxylic acids is 3. The van der Waals surface area contributed by atoms with Gasteiger partial charge in [0.15, 0.2) is 18.1 Å². The van der Waals surface area contributed by atoms with Crippen LogP contribution in [0.1, 0.15) is 31.1 Å². The molecule has 28 heavy (non-hydrogen) atoms. The van der Waals surface area contributed by atoms with E-state index in [1.807, 2.05) is 20.8 Å². The molecule has 156 valence electrons. The van der Waals surface area contributed by atoms with Gasteiger partial charge in [0, 0.05) is 11.6 Å². The molecule has 2 N–H and O–H groups in total. The van der Waals surface area contributed by atoms with Crippen LogP contribution in [0.3, 0.4) is 0 Å². The Kier molecular flexibility index (Phi) is 9.07. The second-order valence-corrected chi connectivity index (χ2v) is 6.36. The first kappa shape index (κ1) is 23.1. The van der Waals surface area contributed by atoms with Gasteiger partial charge in [-0.05, 0) is 25.0 Å². The minimum absolute atomic E-state index is 0.0362. The average molecular weight is 396 g/mol. The molecule has 0 fully saturated rings. The fourth-order valence-electron chi connectivity index (χ4n) is 2.13. The molecular formula is C19H28N2O7. The van der Waals surface area contributed by atoms with E-state index in [2.05, 4.69) is 10.6 Å². The molecule has 0 heterocycles. The van der Waals surface area contributed by atoms with Crippen LogP contribution in [-0.2, 0) is 14.3 Å². The molecule has 0 unspecified atom stereocenters. The third kappa shape index (κ3) is 6.64. The maximum absolute atomic E-state index is 12.3. The summed E-state index contributed by atoms with van der Waals surface area (Å²) in [6.07, 6.45) is 0. The van der Waals surface area contributed by atoms with Crippen LogP contribution in [0.4, 0.5) is 0 Å². The predicted molar refractivity (Wildman–Crippen MR) is 102 cm³/mol. The summed E-state index contributed by atoms with van der Waals surface area (Å²) in [5.74, 6) is -0.427. The van der Waals surface area contributed by atoms with Crippen LogP contribution in [0.25, 0.3) is 0 Å². The van der Waals surface area contributed by atoms with Gasteiger partial charge < -0.3 is 29.6 Å². The molecule has 1 rings (SSSR count). The number of methoxy groups -OCH3 is 3. The highest BCUT2D eigenvalue weighted by Crippen LogP contribution is 2.38. The summed E-state index contributed by atoms with van der Waals surface area (Å²) in [6.45, 7) is 5.01. The van der Waals surface area contributed by atoms with Crippen molar-refractivity contribution in [2.24, 2.45) is 5.92 Å². The molecule has 0 aliphatic rings. The van der Waals surface area contributed by atoms with Crippen molar-refractivity contribution in [1.82, 2.24) is 10.6 Å². The molecule has 0 aliphatic heterocycles. The Morgan fingerprint density at radius 1 is 0.964 bits per heavy atom. The van der Waals surface area contributed by atoms with Crippen LogP contribution in [0.2, 0.25) is 0 Å². The maximum Gasteiger partial charge on any atom is 0.325 e. The van der Waals surface area contributed by atoms with Crippen molar-refractivity contribution in [2.45, 2.75) is 26.8 Å². The van der Waals surface area contributed by atoms with Crippen molar-refractivity contribution >= 4 is 17.8 Å². The van der Waals surface area contributed by atoms with Crippen molar-refractivity contribution in [3.63, 3.8) is 0 Å². The van der Waals surface area contributed by atoms with Gasteiger partial charge >= 0.3 is 5.97 Å². The topological polar surface area (TPSA) is 112 Å². The van der Waals surface area contributed by atoms with Gasteiger partial charge in [-0.15, -0.1) is 0 Å². The number of benzene rings is 1. The highest BCUT2D eigenvalue weighted by atomic mass is 16.5. The first-order valence-corrected chi connectivity index (χ1v) is 8.76. The summed E-state index contributed by atoms with van der Waals surface area (Å²) in [5, 5.41) is 5.14. The number of amides is 2. The van der Waals surface area contributed by atoms with Crippen molar-refractivity contribution in [3.8, 4) is 17.2 Å². The van der Waals surface area contributed by atoms with Crippen molar-refractivity contribution in [1.29, 1.82) is 0 Å². The van der Waals surface area contributed by atoms with Crippen LogP contribution in [0, 0.1) is 5.92 Å². The molecule has 0 aliphatic carbocycles. The molecule has 1 aromatic carbocycles. The van der Waals surface area contributed by atoms with E-state index in [0.717, 1.165) is 0 Å². The van der Waals surface area contributed by atoms with E-state index in [1.165, 1.54) is 33.5 Å². The Hall–Kier alpha value is -2.97. The summed E-state index contributed by atoms with van der Waals surface area (Å²) < 4.78 is 20.4. The van der Waals surface area contributed by atoms with E-state index in [1.54, 1.807) is 0 Å². The summed E-state index contributed by atoms with van der Waals surface area (Å²) >= 11 is 0. The number of hydrogen-bond acceptors (Lipinski definition) is 7. The fraction of sp³-hybridized carbons (Fsp3) is 0.526. The van der Waals surface area contributed by atoms with Gasteiger partial charge in [-0.2, -0.15) is 0 Å². The van der Waals surface area contributed by atoms with E-state index in [9.17, 15) is 14.4 Å². The molecule has 0 saturated heterocycles. The van der Waals surface area contributed by atoms with E-state index in [0.29, 0.717) is 17.2 Å². The third-order valence-electron chi connectivity index (χ3n) is 4.07. The fourth-order valence-corrected chi connectivity index (χ4v) is 2.13. The lowest BCUT2D eigenvalue weighted by Crippen LogP contribution is -2.39. The first-order valence-electron chi connectivity index (χ1n) is 8.76. The zero-order valence-corrected chi connectivity index (χ0v) is 17.1. The van der Waals surface area contributed by atoms with E-state index >= 15 is 0 Å². The highest BCUT2D eigenvalue weighted by Gasteiger charge is 2.18. The van der Waals surface area contributed by atoms with Crippen LogP contribution < -0.4 is 24.8 Å². The zero-order valence-electron chi connectivity index (χ0n) is 17.1. The largest absolute Gasteiger partial charge is 0.493 e. The molecule has 1 aromatic rings. The minimum atomic E-state index is -0.729. The second-order valence-electron chi connectivity index (χ2n) is 6.36. The molecular weight excluding hydrogens is 368 g/mol. The van der Waals surface area contributed by atoms with Crippen LogP contribution in [-0.4, -0.2) is 58.3 Å². The normalized spacial score (nSPS) is 11.4. The second kappa shape index (κ2) is 11.0. The number of esters is 1. The molecule has 9 heteroatoms. The van der Waals surface area contributed by atoms with Gasteiger partial charge in [0.1, 0.15) is 6.54 Å². The SMILES string of the molecule is COc1cc(C(=O)NCC(=O)OCC(=O)N[C@H](C)C(C)C)cc(OC)c1OC. The predicted octanol–water partition coefficient (Wildman–Crippen LogP) is 1.15. The zero-order chi connectivity index (χ0) is 21.3. The number of rotatable bonds is 10. The van der Waals surface area contributed by atoms with Crippen LogP contribution in [0.5, 0.6) is 17.2 Å². The molecule has 0 bridgehead atoms. The summed E-state index contributed by atoms with van der Waals surface area (Å²) in [5.41, 5.74) is 0.214. The van der Waals surface area contributed by atoms with Gasteiger partial charge in [-0.3, -0.25) is 14.4 Å². The summed E-state index contributed by atoms with van der Waals surface area (Å²) in [4.78, 5) is 35.8. The minimum Gasteiger partial charge on any atom is -0.493 e. The summed E-state index contributed by atoms with van der Waals surface area (Å²) in [6, 6.07) is 2.89. The van der Waals surface area contributed by atoms with E-state index < -0.39 is 24.4 Å². The molecule has 0 saturated carbocycles. The van der Waals surface area contributed by atoms with Crippen molar-refractivity contribution < 1.29 is 33.3 Å². The molecule has 0 spiro atoms. The Labute approximate surface area is 164 Å². The van der Waals surface area contributed by atoms with Gasteiger partial charge in [0.25, 0.3) is 11.8 Å². The Bertz CT molecular complexity index is 679. The van der Waals surface area contributed by atoms with Crippen molar-refractivity contribution in [2.75, 3.05) is 34.5 Å². The smallest absolute Gasteiger partial charge is 0.325 e. The molecule has 1 atom stereocenters. The average Bonchev–Trinajstić information content (AvgIpc) is 2.68. The van der Waals surface area contributed by atoms with E-state index in [-0.39, 0.29) is 24.1 Å². The number of carbonyl (C=O) groups is 3. The molecule has 0 aromatic heterocycles. The summed E-state index contributed by atoms with van der Waals surface area (Å²) in [7, 11) is 4.32. The standard InChI is InChI=1S/C19H28N2O7/c1-11(2)12(3)21-16(22)10-28-17(23)9-20-19(24)13-7-14(25-4)18(27-6)15(8-13)26-5/h7-8,11-12H,9-10H2,1-6H3,(H,20,24)(H,21,22)/t12-/m1/s1. The Balaban J connectivity index is 2.60. The van der Waals surface area contributed by atoms with Gasteiger partial charge in [0.05, 0.1) is 21.3 Å². The van der Waals surface area contributed by atoms with Crippen molar-refractivity contribution in [3.05, 3.63) is 17.7 Å². The molecule has 2 amide bonds. The van der Waals surface area contributed by atoms with Crippen LogP contribution in [0.15, 0.2) is 12.1 Å². The van der Waals surface area contributed by atoms with E-state index in [4.69, 9.17) is 18.9 Å². The van der Waals surface area contributed by atoms with Crippen LogP contribution >= 0.6 is 0 Å². The molecule has 9 nitrogen and oxygen atoms in total. The van der Waals surface area contributed by atoms with Gasteiger partial charge in [0.2, 0.25) is 5.75 Å². The highest BCUT2D eigenvalue weighted by molar-refractivity contribution is 5.97. The Morgan fingerprint density at radius 3 is 2.00 bits per heavy atom. The van der Waals surface area contributed by atoms with Gasteiger partial charge in [-0.25, -0.2) is 0 Å². The first-order chi connectivity index (χ1) is 13.2. The van der Waals surface area contributed by atoms with Gasteiger partial charge in [-0.1, -0.05) is 13.8 Å². The monoisotopic (exact) mass is 396 g/mol. The lowest BCUT2D eigenvalue weighted by molar-refractivity contribution is -0.147. The number of ether oxygens (including phenoxy) is 4. The molecule has 0 radical (unpaired) electrons. The quantitative estimate of drug-likeness (QED) is 0.571. The number of hydrogen-bond donors (Lipinski definition) is 2. The third-order valence-corrected chi connectivity index (χ3v) is 4.07. The lowest BCUT2D eigenvalue weighted by Gasteiger charge is -2.17. The number of nitrogens with one attached hydrogen (secondary N) is 2. The maximum atomic E-state index is 12.3. The Morgan fingerprint density at radius 2 is 1.54 bits per heavy atom.